The van der Waals surface area contributed by atoms with Gasteiger partial charge in [-0.15, -0.1) is 0 Å². The molecule has 4 rings (SSSR count). The Balaban J connectivity index is 1.75. The number of nitrogens with two attached hydrogens (primary N) is 1. The molecule has 0 aromatic heterocycles. The van der Waals surface area contributed by atoms with Crippen LogP contribution in [-0.2, 0) is 14.3 Å². The van der Waals surface area contributed by atoms with Crippen molar-refractivity contribution in [1.29, 1.82) is 0 Å². The summed E-state index contributed by atoms with van der Waals surface area (Å²) >= 11 is 0. The van der Waals surface area contributed by atoms with Crippen LogP contribution in [0.15, 0.2) is 72.8 Å². The molecule has 10 heteroatoms. The van der Waals surface area contributed by atoms with Crippen molar-refractivity contribution in [3.05, 3.63) is 89.5 Å². The summed E-state index contributed by atoms with van der Waals surface area (Å²) in [5.41, 5.74) is 8.78. The second-order valence-corrected chi connectivity index (χ2v) is 8.17. The predicted octanol–water partition coefficient (Wildman–Crippen LogP) is 3.32. The Bertz CT molecular complexity index is 1420. The molecular weight excluding hydrogens is 476 g/mol. The third kappa shape index (κ3) is 5.59. The topological polar surface area (TPSA) is 140 Å². The first-order valence-electron chi connectivity index (χ1n) is 11.2. The molecule has 0 bridgehead atoms. The minimum absolute atomic E-state index is 0.214. The number of methoxy groups -OCH3 is 1. The van der Waals surface area contributed by atoms with Gasteiger partial charge in [-0.3, -0.25) is 14.4 Å². The van der Waals surface area contributed by atoms with Crippen LogP contribution in [0, 0.1) is 0 Å². The molecule has 1 aliphatic heterocycles. The second kappa shape index (κ2) is 10.6. The molecule has 0 aliphatic carbocycles. The molecule has 3 aromatic rings. The number of carbonyl (C=O) groups excluding carboxylic acids is 4. The summed E-state index contributed by atoms with van der Waals surface area (Å²) in [6.45, 7) is -0.214. The zero-order valence-corrected chi connectivity index (χ0v) is 20.1. The Hall–Kier alpha value is -5.12. The number of primary amides is 1. The number of likely N-dealkylation sites (N-methyl/N-ethyl adjacent to an activating group) is 1. The monoisotopic (exact) mass is 500 g/mol. The van der Waals surface area contributed by atoms with Crippen molar-refractivity contribution in [1.82, 2.24) is 4.90 Å². The highest BCUT2D eigenvalue weighted by atomic mass is 16.7. The average Bonchev–Trinajstić information content (AvgIpc) is 3.21. The number of nitrogens with one attached hydrogen (secondary N) is 2. The van der Waals surface area contributed by atoms with Crippen LogP contribution >= 0.6 is 0 Å². The van der Waals surface area contributed by atoms with Crippen LogP contribution in [0.5, 0.6) is 5.75 Å². The largest absolute Gasteiger partial charge is 0.513 e. The van der Waals surface area contributed by atoms with Crippen LogP contribution in [0.25, 0.3) is 11.3 Å². The zero-order chi connectivity index (χ0) is 26.5. The number of nitrogens with zero attached hydrogens (tertiary/aromatic N) is 1. The normalized spacial score (nSPS) is 13.2. The van der Waals surface area contributed by atoms with Gasteiger partial charge in [0.25, 0.3) is 11.8 Å². The molecule has 3 amide bonds. The molecular formula is C27H24N4O6. The van der Waals surface area contributed by atoms with Crippen molar-refractivity contribution >= 4 is 46.5 Å². The minimum atomic E-state index is -0.873. The van der Waals surface area contributed by atoms with Crippen molar-refractivity contribution in [2.45, 2.75) is 0 Å². The van der Waals surface area contributed by atoms with E-state index in [0.717, 1.165) is 5.56 Å². The molecule has 0 fully saturated rings. The van der Waals surface area contributed by atoms with Crippen LogP contribution in [0.4, 0.5) is 16.2 Å². The fourth-order valence-electron chi connectivity index (χ4n) is 3.89. The Morgan fingerprint density at radius 1 is 0.973 bits per heavy atom. The Kier molecular flexibility index (Phi) is 7.19. The third-order valence-electron chi connectivity index (χ3n) is 5.53. The minimum Gasteiger partial charge on any atom is -0.437 e. The summed E-state index contributed by atoms with van der Waals surface area (Å²) < 4.78 is 9.59. The van der Waals surface area contributed by atoms with Crippen LogP contribution in [0.3, 0.4) is 0 Å². The summed E-state index contributed by atoms with van der Waals surface area (Å²) in [6.07, 6.45) is -0.873. The van der Waals surface area contributed by atoms with Crippen LogP contribution in [0.1, 0.15) is 21.5 Å². The highest BCUT2D eigenvalue weighted by Gasteiger charge is 2.29. The van der Waals surface area contributed by atoms with Gasteiger partial charge in [0, 0.05) is 29.9 Å². The molecule has 0 radical (unpaired) electrons. The van der Waals surface area contributed by atoms with E-state index in [0.29, 0.717) is 33.8 Å². The molecule has 1 heterocycles. The first kappa shape index (κ1) is 25.0. The van der Waals surface area contributed by atoms with E-state index in [9.17, 15) is 19.2 Å². The molecule has 0 saturated carbocycles. The number of amides is 3. The molecule has 3 aromatic carbocycles. The third-order valence-corrected chi connectivity index (χ3v) is 5.53. The van der Waals surface area contributed by atoms with Crippen molar-refractivity contribution in [2.75, 3.05) is 31.3 Å². The van der Waals surface area contributed by atoms with Crippen LogP contribution in [-0.4, -0.2) is 49.5 Å². The smallest absolute Gasteiger partial charge is 0.437 e. The number of ether oxygens (including phenoxy) is 2. The zero-order valence-electron chi connectivity index (χ0n) is 20.1. The second-order valence-electron chi connectivity index (χ2n) is 8.17. The van der Waals surface area contributed by atoms with Gasteiger partial charge in [0.15, 0.2) is 0 Å². The lowest BCUT2D eigenvalue weighted by molar-refractivity contribution is -0.118. The molecule has 0 saturated heterocycles. The number of hydrogen-bond donors (Lipinski definition) is 3. The maximum Gasteiger partial charge on any atom is 0.513 e. The van der Waals surface area contributed by atoms with Gasteiger partial charge >= 0.3 is 6.16 Å². The number of fused-ring (bicyclic) bond motifs is 1. The Labute approximate surface area is 212 Å². The summed E-state index contributed by atoms with van der Waals surface area (Å²) in [4.78, 5) is 49.8. The number of benzene rings is 3. The van der Waals surface area contributed by atoms with E-state index < -0.39 is 12.1 Å². The van der Waals surface area contributed by atoms with E-state index in [4.69, 9.17) is 10.5 Å². The molecule has 4 N–H and O–H groups in total. The highest BCUT2D eigenvalue weighted by Crippen LogP contribution is 2.39. The molecule has 0 unspecified atom stereocenters. The lowest BCUT2D eigenvalue weighted by Crippen LogP contribution is -2.35. The predicted molar refractivity (Wildman–Crippen MR) is 138 cm³/mol. The van der Waals surface area contributed by atoms with E-state index in [1.165, 1.54) is 25.1 Å². The Morgan fingerprint density at radius 2 is 1.70 bits per heavy atom. The molecule has 0 spiro atoms. The quantitative estimate of drug-likeness (QED) is 0.257. The van der Waals surface area contributed by atoms with E-state index in [2.05, 4.69) is 15.4 Å². The van der Waals surface area contributed by atoms with Crippen molar-refractivity contribution in [3.8, 4) is 5.75 Å². The maximum absolute atomic E-state index is 13.1. The number of carbonyl (C=O) groups is 4. The van der Waals surface area contributed by atoms with Gasteiger partial charge < -0.3 is 30.7 Å². The van der Waals surface area contributed by atoms with Crippen LogP contribution in [0.2, 0.25) is 0 Å². The van der Waals surface area contributed by atoms with Gasteiger partial charge in [0.1, 0.15) is 5.75 Å². The molecule has 10 nitrogen and oxygen atoms in total. The Morgan fingerprint density at radius 3 is 2.41 bits per heavy atom. The van der Waals surface area contributed by atoms with Crippen molar-refractivity contribution in [3.63, 3.8) is 0 Å². The summed E-state index contributed by atoms with van der Waals surface area (Å²) in [7, 11) is 2.69. The van der Waals surface area contributed by atoms with Gasteiger partial charge in [-0.25, -0.2) is 4.79 Å². The van der Waals surface area contributed by atoms with E-state index in [1.54, 1.807) is 36.4 Å². The van der Waals surface area contributed by atoms with Gasteiger partial charge in [0.05, 0.1) is 30.6 Å². The van der Waals surface area contributed by atoms with E-state index in [1.807, 2.05) is 30.3 Å². The van der Waals surface area contributed by atoms with Crippen LogP contribution < -0.4 is 21.1 Å². The van der Waals surface area contributed by atoms with Gasteiger partial charge in [-0.2, -0.15) is 0 Å². The van der Waals surface area contributed by atoms with Gasteiger partial charge in [0.2, 0.25) is 5.91 Å². The van der Waals surface area contributed by atoms with Gasteiger partial charge in [-0.05, 0) is 35.9 Å². The highest BCUT2D eigenvalue weighted by molar-refractivity contribution is 6.37. The lowest BCUT2D eigenvalue weighted by atomic mass is 9.99. The molecule has 37 heavy (non-hydrogen) atoms. The van der Waals surface area contributed by atoms with Crippen molar-refractivity contribution < 1.29 is 28.7 Å². The first-order valence-corrected chi connectivity index (χ1v) is 11.2. The molecule has 188 valence electrons. The fourth-order valence-corrected chi connectivity index (χ4v) is 3.89. The summed E-state index contributed by atoms with van der Waals surface area (Å²) in [6, 6.07) is 20.7. The SMILES string of the molecule is COC(=O)Oc1ccc2c(c1)NC(=O)/C2=C(\Nc1cccc(C(=O)N(C)CC(N)=O)c1)c1ccccc1. The van der Waals surface area contributed by atoms with E-state index >= 15 is 0 Å². The number of hydrogen-bond acceptors (Lipinski definition) is 7. The molecule has 0 atom stereocenters. The fraction of sp³-hybridized carbons (Fsp3) is 0.111. The standard InChI is InChI=1S/C27H24N4O6/c1-31(15-22(28)32)26(34)17-9-6-10-18(13-17)29-24(16-7-4-3-5-8-16)23-20-12-11-19(37-27(35)36-2)14-21(20)30-25(23)33/h3-14,29H,15H2,1-2H3,(H2,28,32)(H,30,33)/b24-23-. The number of anilines is 2. The maximum atomic E-state index is 13.1. The average molecular weight is 501 g/mol. The lowest BCUT2D eigenvalue weighted by Gasteiger charge is -2.17. The van der Waals surface area contributed by atoms with E-state index in [-0.39, 0.29) is 24.1 Å². The van der Waals surface area contributed by atoms with Gasteiger partial charge in [-0.1, -0.05) is 36.4 Å². The molecule has 1 aliphatic rings. The summed E-state index contributed by atoms with van der Waals surface area (Å²) in [5, 5.41) is 6.09. The first-order chi connectivity index (χ1) is 17.8. The van der Waals surface area contributed by atoms with Crippen molar-refractivity contribution in [2.24, 2.45) is 5.73 Å². The summed E-state index contributed by atoms with van der Waals surface area (Å²) in [5.74, 6) is -1.14. The number of rotatable bonds is 7.